The van der Waals surface area contributed by atoms with Gasteiger partial charge < -0.3 is 15.2 Å². The Morgan fingerprint density at radius 3 is 2.88 bits per heavy atom. The van der Waals surface area contributed by atoms with Gasteiger partial charge in [-0.1, -0.05) is 0 Å². The molecule has 1 aromatic rings. The highest BCUT2D eigenvalue weighted by Gasteiger charge is 2.24. The maximum atomic E-state index is 11.7. The van der Waals surface area contributed by atoms with Crippen LogP contribution in [0, 0.1) is 6.92 Å². The second-order valence-corrected chi connectivity index (χ2v) is 4.97. The third-order valence-electron chi connectivity index (χ3n) is 2.58. The van der Waals surface area contributed by atoms with Crippen LogP contribution in [0.15, 0.2) is 6.07 Å². The molecule has 0 unspecified atom stereocenters. The van der Waals surface area contributed by atoms with Gasteiger partial charge in [-0.25, -0.2) is 4.79 Å². The van der Waals surface area contributed by atoms with Crippen LogP contribution in [0.5, 0.6) is 0 Å². The lowest BCUT2D eigenvalue weighted by Gasteiger charge is -2.08. The minimum absolute atomic E-state index is 0.194. The standard InChI is InChI=1S/C11H13NO4S/c1-6-5-8(17-9(6)11(14)15)12-10(13)7-3-2-4-16-7/h5,7H,2-4H2,1H3,(H,12,13)(H,14,15)/t7-/m0/s1. The normalized spacial score (nSPS) is 19.2. The van der Waals surface area contributed by atoms with Gasteiger partial charge in [-0.05, 0) is 31.4 Å². The van der Waals surface area contributed by atoms with Crippen LogP contribution in [0.25, 0.3) is 0 Å². The third-order valence-corrected chi connectivity index (χ3v) is 3.72. The van der Waals surface area contributed by atoms with Crippen molar-refractivity contribution >= 4 is 28.2 Å². The summed E-state index contributed by atoms with van der Waals surface area (Å²) in [6, 6.07) is 1.67. The van der Waals surface area contributed by atoms with Gasteiger partial charge in [0.1, 0.15) is 11.0 Å². The van der Waals surface area contributed by atoms with Crippen molar-refractivity contribution in [2.24, 2.45) is 0 Å². The Hall–Kier alpha value is -1.40. The average molecular weight is 255 g/mol. The van der Waals surface area contributed by atoms with Crippen LogP contribution in [-0.4, -0.2) is 29.7 Å². The van der Waals surface area contributed by atoms with E-state index < -0.39 is 12.1 Å². The third kappa shape index (κ3) is 2.65. The summed E-state index contributed by atoms with van der Waals surface area (Å²) in [5.74, 6) is -1.16. The molecular weight excluding hydrogens is 242 g/mol. The molecule has 1 atom stereocenters. The number of amides is 1. The van der Waals surface area contributed by atoms with E-state index in [-0.39, 0.29) is 10.8 Å². The highest BCUT2D eigenvalue weighted by atomic mass is 32.1. The van der Waals surface area contributed by atoms with Crippen LogP contribution < -0.4 is 5.32 Å². The van der Waals surface area contributed by atoms with Crippen LogP contribution in [0.4, 0.5) is 5.00 Å². The fourth-order valence-electron chi connectivity index (χ4n) is 1.74. The van der Waals surface area contributed by atoms with Crippen molar-refractivity contribution in [1.29, 1.82) is 0 Å². The summed E-state index contributed by atoms with van der Waals surface area (Å²) in [7, 11) is 0. The lowest BCUT2D eigenvalue weighted by Crippen LogP contribution is -2.26. The molecule has 1 aromatic heterocycles. The second kappa shape index (κ2) is 4.85. The number of hydrogen-bond acceptors (Lipinski definition) is 4. The number of carbonyl (C=O) groups is 2. The summed E-state index contributed by atoms with van der Waals surface area (Å²) in [6.45, 7) is 2.32. The molecular formula is C11H13NO4S. The van der Waals surface area contributed by atoms with Crippen molar-refractivity contribution in [3.05, 3.63) is 16.5 Å². The van der Waals surface area contributed by atoms with E-state index in [1.807, 2.05) is 0 Å². The van der Waals surface area contributed by atoms with Gasteiger partial charge in [-0.3, -0.25) is 4.79 Å². The highest BCUT2D eigenvalue weighted by Crippen LogP contribution is 2.27. The highest BCUT2D eigenvalue weighted by molar-refractivity contribution is 7.18. The zero-order valence-corrected chi connectivity index (χ0v) is 10.2. The van der Waals surface area contributed by atoms with E-state index in [0.717, 1.165) is 24.2 Å². The van der Waals surface area contributed by atoms with Crippen molar-refractivity contribution in [3.8, 4) is 0 Å². The molecule has 1 aliphatic rings. The predicted octanol–water partition coefficient (Wildman–Crippen LogP) is 1.87. The SMILES string of the molecule is Cc1cc(NC(=O)[C@@H]2CCCO2)sc1C(=O)O. The molecule has 92 valence electrons. The molecule has 0 aliphatic carbocycles. The minimum Gasteiger partial charge on any atom is -0.477 e. The summed E-state index contributed by atoms with van der Waals surface area (Å²) < 4.78 is 5.25. The van der Waals surface area contributed by atoms with E-state index in [4.69, 9.17) is 9.84 Å². The number of aryl methyl sites for hydroxylation is 1. The first-order valence-electron chi connectivity index (χ1n) is 5.34. The molecule has 1 amide bonds. The number of carbonyl (C=O) groups excluding carboxylic acids is 1. The number of aromatic carboxylic acids is 1. The summed E-state index contributed by atoms with van der Waals surface area (Å²) in [6.07, 6.45) is 1.22. The average Bonchev–Trinajstić information content (AvgIpc) is 2.86. The molecule has 0 bridgehead atoms. The molecule has 0 saturated carbocycles. The first kappa shape index (κ1) is 12.1. The molecule has 2 heterocycles. The predicted molar refractivity (Wildman–Crippen MR) is 63.6 cm³/mol. The Morgan fingerprint density at radius 1 is 1.59 bits per heavy atom. The minimum atomic E-state index is -0.967. The molecule has 2 N–H and O–H groups in total. The van der Waals surface area contributed by atoms with E-state index in [1.54, 1.807) is 13.0 Å². The van der Waals surface area contributed by atoms with Crippen molar-refractivity contribution < 1.29 is 19.4 Å². The molecule has 0 spiro atoms. The lowest BCUT2D eigenvalue weighted by atomic mass is 10.2. The fourth-order valence-corrected chi connectivity index (χ4v) is 2.66. The molecule has 0 radical (unpaired) electrons. The number of rotatable bonds is 3. The van der Waals surface area contributed by atoms with Crippen molar-refractivity contribution in [2.75, 3.05) is 11.9 Å². The van der Waals surface area contributed by atoms with E-state index in [9.17, 15) is 9.59 Å². The number of thiophene rings is 1. The maximum absolute atomic E-state index is 11.7. The molecule has 17 heavy (non-hydrogen) atoms. The number of carboxylic acid groups (broad SMARTS) is 1. The van der Waals surface area contributed by atoms with E-state index in [1.165, 1.54) is 0 Å². The molecule has 0 aromatic carbocycles. The van der Waals surface area contributed by atoms with Gasteiger partial charge in [0.05, 0.1) is 5.00 Å². The smallest absolute Gasteiger partial charge is 0.346 e. The Kier molecular flexibility index (Phi) is 3.44. The monoisotopic (exact) mass is 255 g/mol. The largest absolute Gasteiger partial charge is 0.477 e. The topological polar surface area (TPSA) is 75.6 Å². The van der Waals surface area contributed by atoms with Gasteiger partial charge in [0.15, 0.2) is 0 Å². The Morgan fingerprint density at radius 2 is 2.35 bits per heavy atom. The molecule has 1 saturated heterocycles. The van der Waals surface area contributed by atoms with E-state index in [2.05, 4.69) is 5.32 Å². The Labute approximate surface area is 102 Å². The molecule has 5 nitrogen and oxygen atoms in total. The van der Waals surface area contributed by atoms with Gasteiger partial charge in [-0.15, -0.1) is 11.3 Å². The molecule has 6 heteroatoms. The van der Waals surface area contributed by atoms with Crippen LogP contribution in [-0.2, 0) is 9.53 Å². The van der Waals surface area contributed by atoms with Gasteiger partial charge in [0, 0.05) is 6.61 Å². The zero-order chi connectivity index (χ0) is 12.4. The van der Waals surface area contributed by atoms with Crippen LogP contribution in [0.2, 0.25) is 0 Å². The summed E-state index contributed by atoms with van der Waals surface area (Å²) in [5, 5.41) is 12.1. The number of anilines is 1. The quantitative estimate of drug-likeness (QED) is 0.864. The maximum Gasteiger partial charge on any atom is 0.346 e. The van der Waals surface area contributed by atoms with E-state index in [0.29, 0.717) is 17.2 Å². The van der Waals surface area contributed by atoms with Crippen molar-refractivity contribution in [1.82, 2.24) is 0 Å². The number of nitrogens with one attached hydrogen (secondary N) is 1. The van der Waals surface area contributed by atoms with Crippen molar-refractivity contribution in [3.63, 3.8) is 0 Å². The van der Waals surface area contributed by atoms with Crippen molar-refractivity contribution in [2.45, 2.75) is 25.9 Å². The Bertz CT molecular complexity index is 448. The summed E-state index contributed by atoms with van der Waals surface area (Å²) >= 11 is 1.07. The van der Waals surface area contributed by atoms with Crippen LogP contribution >= 0.6 is 11.3 Å². The van der Waals surface area contributed by atoms with Crippen LogP contribution in [0.1, 0.15) is 28.1 Å². The lowest BCUT2D eigenvalue weighted by molar-refractivity contribution is -0.124. The van der Waals surface area contributed by atoms with Gasteiger partial charge in [-0.2, -0.15) is 0 Å². The van der Waals surface area contributed by atoms with Gasteiger partial charge in [0.25, 0.3) is 5.91 Å². The van der Waals surface area contributed by atoms with Gasteiger partial charge >= 0.3 is 5.97 Å². The number of hydrogen-bond donors (Lipinski definition) is 2. The summed E-state index contributed by atoms with van der Waals surface area (Å²) in [5.41, 5.74) is 0.658. The summed E-state index contributed by atoms with van der Waals surface area (Å²) in [4.78, 5) is 22.8. The molecule has 2 rings (SSSR count). The molecule has 1 aliphatic heterocycles. The number of ether oxygens (including phenoxy) is 1. The first-order chi connectivity index (χ1) is 8.08. The first-order valence-corrected chi connectivity index (χ1v) is 6.16. The van der Waals surface area contributed by atoms with Gasteiger partial charge in [0.2, 0.25) is 0 Å². The zero-order valence-electron chi connectivity index (χ0n) is 9.36. The fraction of sp³-hybridized carbons (Fsp3) is 0.455. The van der Waals surface area contributed by atoms with E-state index >= 15 is 0 Å². The number of carboxylic acids is 1. The van der Waals surface area contributed by atoms with Crippen LogP contribution in [0.3, 0.4) is 0 Å². The second-order valence-electron chi connectivity index (χ2n) is 3.92. The Balaban J connectivity index is 2.05. The molecule has 1 fully saturated rings.